The van der Waals surface area contributed by atoms with Gasteiger partial charge in [0.2, 0.25) is 5.91 Å². The van der Waals surface area contributed by atoms with Crippen LogP contribution in [0.1, 0.15) is 6.42 Å². The third-order valence-corrected chi connectivity index (χ3v) is 4.68. The van der Waals surface area contributed by atoms with Gasteiger partial charge in [-0.15, -0.1) is 0 Å². The Morgan fingerprint density at radius 2 is 1.79 bits per heavy atom. The van der Waals surface area contributed by atoms with E-state index in [4.69, 9.17) is 0 Å². The Labute approximate surface area is 162 Å². The summed E-state index contributed by atoms with van der Waals surface area (Å²) in [5, 5.41) is 7.32. The van der Waals surface area contributed by atoms with Crippen molar-refractivity contribution in [3.63, 3.8) is 0 Å². The molecule has 0 unspecified atom stereocenters. The predicted octanol–water partition coefficient (Wildman–Crippen LogP) is 3.33. The molecule has 0 spiro atoms. The first-order valence-corrected chi connectivity index (χ1v) is 8.74. The third-order valence-electron chi connectivity index (χ3n) is 4.68. The lowest BCUT2D eigenvalue weighted by Gasteiger charge is -2.12. The zero-order chi connectivity index (χ0) is 20.7. The minimum absolute atomic E-state index is 0.0770. The normalized spacial score (nSPS) is 11.3. The van der Waals surface area contributed by atoms with Crippen molar-refractivity contribution in [1.29, 1.82) is 0 Å². The number of nitrogens with one attached hydrogen (secondary N) is 1. The van der Waals surface area contributed by atoms with Crippen molar-refractivity contribution in [3.05, 3.63) is 70.4 Å². The van der Waals surface area contributed by atoms with Gasteiger partial charge in [-0.25, -0.2) is 13.2 Å². The minimum Gasteiger partial charge on any atom is -0.323 e. The molecular formula is C20H15F3N4O2. The van der Waals surface area contributed by atoms with Crippen molar-refractivity contribution >= 4 is 33.4 Å². The molecule has 2 heterocycles. The minimum atomic E-state index is -0.777. The van der Waals surface area contributed by atoms with E-state index in [2.05, 4.69) is 10.4 Å². The van der Waals surface area contributed by atoms with Gasteiger partial charge >= 0.3 is 0 Å². The van der Waals surface area contributed by atoms with Gasteiger partial charge in [-0.3, -0.25) is 14.3 Å². The molecule has 0 fully saturated rings. The summed E-state index contributed by atoms with van der Waals surface area (Å²) < 4.78 is 43.6. The number of rotatable bonds is 4. The second kappa shape index (κ2) is 7.08. The summed E-state index contributed by atoms with van der Waals surface area (Å²) in [4.78, 5) is 25.1. The van der Waals surface area contributed by atoms with E-state index in [9.17, 15) is 22.8 Å². The molecule has 6 nitrogen and oxygen atoms in total. The fourth-order valence-corrected chi connectivity index (χ4v) is 3.34. The van der Waals surface area contributed by atoms with Crippen LogP contribution < -0.4 is 10.9 Å². The van der Waals surface area contributed by atoms with Crippen LogP contribution in [0.4, 0.5) is 18.9 Å². The van der Waals surface area contributed by atoms with Gasteiger partial charge in [0.25, 0.3) is 5.56 Å². The molecule has 0 aliphatic rings. The van der Waals surface area contributed by atoms with Crippen LogP contribution in [0.3, 0.4) is 0 Å². The van der Waals surface area contributed by atoms with Crippen LogP contribution in [0.25, 0.3) is 21.8 Å². The maximum Gasteiger partial charge on any atom is 0.262 e. The first kappa shape index (κ1) is 18.7. The average Bonchev–Trinajstić information content (AvgIpc) is 3.06. The standard InChI is InChI=1S/C20H15F3N4O2/c1-26-19-13-4-2-12(22)9-17(13)27(20(29)14(19)10-24-26)7-6-18(28)25-16-8-11(21)3-5-15(16)23/h2-5,8-10H,6-7H2,1H3,(H,25,28). The third kappa shape index (κ3) is 3.35. The molecule has 4 aromatic rings. The number of carbonyl (C=O) groups excluding carboxylic acids is 1. The van der Waals surface area contributed by atoms with Crippen molar-refractivity contribution in [3.8, 4) is 0 Å². The number of fused-ring (bicyclic) bond motifs is 3. The number of anilines is 1. The molecule has 4 rings (SSSR count). The molecule has 0 aliphatic carbocycles. The first-order chi connectivity index (χ1) is 13.8. The van der Waals surface area contributed by atoms with Crippen LogP contribution in [0.15, 0.2) is 47.4 Å². The lowest BCUT2D eigenvalue weighted by Crippen LogP contribution is -2.24. The average molecular weight is 400 g/mol. The lowest BCUT2D eigenvalue weighted by molar-refractivity contribution is -0.116. The van der Waals surface area contributed by atoms with Crippen LogP contribution in [0.2, 0.25) is 0 Å². The highest BCUT2D eigenvalue weighted by molar-refractivity contribution is 6.03. The number of hydrogen-bond acceptors (Lipinski definition) is 3. The Morgan fingerprint density at radius 1 is 1.07 bits per heavy atom. The molecule has 2 aromatic carbocycles. The number of carbonyl (C=O) groups is 1. The Kier molecular flexibility index (Phi) is 4.57. The van der Waals surface area contributed by atoms with Gasteiger partial charge in [0.05, 0.1) is 28.3 Å². The van der Waals surface area contributed by atoms with Gasteiger partial charge in [0.1, 0.15) is 17.5 Å². The monoisotopic (exact) mass is 400 g/mol. The summed E-state index contributed by atoms with van der Waals surface area (Å²) in [7, 11) is 1.68. The van der Waals surface area contributed by atoms with E-state index >= 15 is 0 Å². The van der Waals surface area contributed by atoms with Crippen molar-refractivity contribution in [1.82, 2.24) is 14.3 Å². The van der Waals surface area contributed by atoms with E-state index in [1.165, 1.54) is 27.6 Å². The molecule has 0 bridgehead atoms. The van der Waals surface area contributed by atoms with E-state index in [1.807, 2.05) is 0 Å². The topological polar surface area (TPSA) is 68.9 Å². The highest BCUT2D eigenvalue weighted by Gasteiger charge is 2.16. The maximum atomic E-state index is 13.8. The van der Waals surface area contributed by atoms with Crippen molar-refractivity contribution in [2.45, 2.75) is 13.0 Å². The molecule has 29 heavy (non-hydrogen) atoms. The molecule has 9 heteroatoms. The summed E-state index contributed by atoms with van der Waals surface area (Å²) in [5.41, 5.74) is 0.167. The number of aromatic nitrogens is 3. The van der Waals surface area contributed by atoms with Crippen molar-refractivity contribution < 1.29 is 18.0 Å². The highest BCUT2D eigenvalue weighted by Crippen LogP contribution is 2.23. The van der Waals surface area contributed by atoms with Gasteiger partial charge in [-0.1, -0.05) is 0 Å². The van der Waals surface area contributed by atoms with E-state index < -0.39 is 28.9 Å². The maximum absolute atomic E-state index is 13.8. The largest absolute Gasteiger partial charge is 0.323 e. The molecule has 148 valence electrons. The Morgan fingerprint density at radius 3 is 2.59 bits per heavy atom. The van der Waals surface area contributed by atoms with Crippen LogP contribution >= 0.6 is 0 Å². The first-order valence-electron chi connectivity index (χ1n) is 8.74. The number of aryl methyl sites for hydroxylation is 2. The van der Waals surface area contributed by atoms with Gasteiger partial charge in [0, 0.05) is 31.5 Å². The molecule has 0 saturated heterocycles. The molecule has 1 N–H and O–H groups in total. The summed E-state index contributed by atoms with van der Waals surface area (Å²) in [6.45, 7) is -0.0770. The molecule has 2 aromatic heterocycles. The lowest BCUT2D eigenvalue weighted by atomic mass is 10.1. The fraction of sp³-hybridized carbons (Fsp3) is 0.150. The summed E-state index contributed by atoms with van der Waals surface area (Å²) in [6, 6.07) is 6.76. The van der Waals surface area contributed by atoms with E-state index in [1.54, 1.807) is 13.1 Å². The summed E-state index contributed by atoms with van der Waals surface area (Å²) in [6.07, 6.45) is 1.21. The zero-order valence-corrected chi connectivity index (χ0v) is 15.2. The van der Waals surface area contributed by atoms with Crippen LogP contribution in [-0.4, -0.2) is 20.3 Å². The van der Waals surface area contributed by atoms with E-state index in [0.29, 0.717) is 21.8 Å². The summed E-state index contributed by atoms with van der Waals surface area (Å²) in [5.74, 6) is -2.61. The number of halogens is 3. The number of amides is 1. The van der Waals surface area contributed by atoms with Crippen LogP contribution in [0.5, 0.6) is 0 Å². The summed E-state index contributed by atoms with van der Waals surface area (Å²) >= 11 is 0. The SMILES string of the molecule is Cn1ncc2c(=O)n(CCC(=O)Nc3cc(F)ccc3F)c3cc(F)ccc3c21. The van der Waals surface area contributed by atoms with Crippen molar-refractivity contribution in [2.75, 3.05) is 5.32 Å². The zero-order valence-electron chi connectivity index (χ0n) is 15.2. The molecule has 0 atom stereocenters. The number of pyridine rings is 1. The Hall–Kier alpha value is -3.62. The van der Waals surface area contributed by atoms with Gasteiger partial charge in [-0.2, -0.15) is 5.10 Å². The Bertz CT molecular complexity index is 1330. The van der Waals surface area contributed by atoms with Gasteiger partial charge in [-0.05, 0) is 30.3 Å². The second-order valence-corrected chi connectivity index (χ2v) is 6.57. The smallest absolute Gasteiger partial charge is 0.262 e. The number of nitrogens with zero attached hydrogens (tertiary/aromatic N) is 3. The van der Waals surface area contributed by atoms with Gasteiger partial charge < -0.3 is 9.88 Å². The van der Waals surface area contributed by atoms with Gasteiger partial charge in [0.15, 0.2) is 0 Å². The van der Waals surface area contributed by atoms with E-state index in [-0.39, 0.29) is 18.7 Å². The van der Waals surface area contributed by atoms with Crippen LogP contribution in [0, 0.1) is 17.5 Å². The number of benzene rings is 2. The highest BCUT2D eigenvalue weighted by atomic mass is 19.1. The molecular weight excluding hydrogens is 385 g/mol. The van der Waals surface area contributed by atoms with E-state index in [0.717, 1.165) is 18.2 Å². The number of hydrogen-bond donors (Lipinski definition) is 1. The molecule has 0 saturated carbocycles. The predicted molar refractivity (Wildman–Crippen MR) is 102 cm³/mol. The van der Waals surface area contributed by atoms with Crippen LogP contribution in [-0.2, 0) is 18.4 Å². The quantitative estimate of drug-likeness (QED) is 0.571. The molecule has 0 radical (unpaired) electrons. The second-order valence-electron chi connectivity index (χ2n) is 6.57. The Balaban J connectivity index is 1.69. The van der Waals surface area contributed by atoms with Crippen molar-refractivity contribution in [2.24, 2.45) is 7.05 Å². The molecule has 0 aliphatic heterocycles. The fourth-order valence-electron chi connectivity index (χ4n) is 3.34. The molecule has 1 amide bonds.